The molecule has 3 rings (SSSR count). The van der Waals surface area contributed by atoms with Gasteiger partial charge in [-0.25, -0.2) is 18.1 Å². The maximum absolute atomic E-state index is 13.2. The van der Waals surface area contributed by atoms with Crippen LogP contribution in [0.1, 0.15) is 25.0 Å². The molecule has 0 spiro atoms. The van der Waals surface area contributed by atoms with Crippen molar-refractivity contribution in [2.24, 2.45) is 0 Å². The van der Waals surface area contributed by atoms with Crippen LogP contribution in [0.25, 0.3) is 0 Å². The number of alkyl halides is 3. The lowest BCUT2D eigenvalue weighted by Gasteiger charge is -2.28. The van der Waals surface area contributed by atoms with Gasteiger partial charge in [0.25, 0.3) is 15.7 Å². The third kappa shape index (κ3) is 4.44. The summed E-state index contributed by atoms with van der Waals surface area (Å²) in [5.41, 5.74) is -5.06. The standard InChI is InChI=1S/C21H23F3N4O4S/c1-20(2)18(29)28(16-5-7-17(8-6-16)33(31,32)21(22,23)24)19(30)27(20)13-14-9-10-25-11-15(14)12-26(3)4/h5-11H,12-13H2,1-4H3. The predicted molar refractivity (Wildman–Crippen MR) is 114 cm³/mol. The summed E-state index contributed by atoms with van der Waals surface area (Å²) >= 11 is 0. The molecular weight excluding hydrogens is 461 g/mol. The minimum absolute atomic E-state index is 0.0232. The van der Waals surface area contributed by atoms with Crippen molar-refractivity contribution in [3.05, 3.63) is 53.9 Å². The van der Waals surface area contributed by atoms with Crippen LogP contribution in [0.3, 0.4) is 0 Å². The van der Waals surface area contributed by atoms with Crippen molar-refractivity contribution in [3.63, 3.8) is 0 Å². The summed E-state index contributed by atoms with van der Waals surface area (Å²) < 4.78 is 61.6. The van der Waals surface area contributed by atoms with Crippen molar-refractivity contribution in [2.45, 2.75) is 42.9 Å². The number of hydrogen-bond acceptors (Lipinski definition) is 6. The molecule has 33 heavy (non-hydrogen) atoms. The number of rotatable bonds is 6. The zero-order chi connectivity index (χ0) is 24.8. The molecule has 1 aliphatic rings. The van der Waals surface area contributed by atoms with Crippen molar-refractivity contribution < 1.29 is 31.2 Å². The molecule has 2 aromatic rings. The van der Waals surface area contributed by atoms with Gasteiger partial charge in [0, 0.05) is 25.5 Å². The molecule has 1 saturated heterocycles. The van der Waals surface area contributed by atoms with Crippen molar-refractivity contribution in [2.75, 3.05) is 19.0 Å². The lowest BCUT2D eigenvalue weighted by atomic mass is 10.0. The van der Waals surface area contributed by atoms with E-state index in [2.05, 4.69) is 4.98 Å². The minimum Gasteiger partial charge on any atom is -0.305 e. The fourth-order valence-corrected chi connectivity index (χ4v) is 4.26. The first kappa shape index (κ1) is 24.6. The molecule has 0 N–H and O–H groups in total. The van der Waals surface area contributed by atoms with Crippen molar-refractivity contribution in [1.82, 2.24) is 14.8 Å². The van der Waals surface area contributed by atoms with Gasteiger partial charge in [0.1, 0.15) is 5.54 Å². The summed E-state index contributed by atoms with van der Waals surface area (Å²) in [5, 5.41) is 0. The van der Waals surface area contributed by atoms with E-state index >= 15 is 0 Å². The van der Waals surface area contributed by atoms with Gasteiger partial charge in [-0.2, -0.15) is 13.2 Å². The van der Waals surface area contributed by atoms with E-state index < -0.39 is 37.7 Å². The van der Waals surface area contributed by atoms with E-state index in [-0.39, 0.29) is 12.2 Å². The topological polar surface area (TPSA) is 90.9 Å². The molecule has 8 nitrogen and oxygen atoms in total. The predicted octanol–water partition coefficient (Wildman–Crippen LogP) is 3.18. The summed E-state index contributed by atoms with van der Waals surface area (Å²) in [4.78, 5) is 33.6. The van der Waals surface area contributed by atoms with Crippen molar-refractivity contribution in [1.29, 1.82) is 0 Å². The maximum Gasteiger partial charge on any atom is 0.501 e. The molecule has 0 aliphatic carbocycles. The van der Waals surface area contributed by atoms with Gasteiger partial charge < -0.3 is 9.80 Å². The zero-order valence-electron chi connectivity index (χ0n) is 18.4. The third-order valence-corrected chi connectivity index (χ3v) is 6.86. The Hall–Kier alpha value is -2.99. The Morgan fingerprint density at radius 3 is 2.18 bits per heavy atom. The second-order valence-electron chi connectivity index (χ2n) is 8.39. The molecule has 0 bridgehead atoms. The van der Waals surface area contributed by atoms with Crippen LogP contribution in [0, 0.1) is 0 Å². The average Bonchev–Trinajstić information content (AvgIpc) is 2.87. The zero-order valence-corrected chi connectivity index (χ0v) is 19.2. The number of carbonyl (C=O) groups excluding carboxylic acids is 2. The lowest BCUT2D eigenvalue weighted by molar-refractivity contribution is -0.123. The fraction of sp³-hybridized carbons (Fsp3) is 0.381. The van der Waals surface area contributed by atoms with Gasteiger partial charge in [0.05, 0.1) is 10.6 Å². The highest BCUT2D eigenvalue weighted by molar-refractivity contribution is 7.92. The van der Waals surface area contributed by atoms with E-state index in [1.165, 1.54) is 4.90 Å². The Morgan fingerprint density at radius 2 is 1.64 bits per heavy atom. The summed E-state index contributed by atoms with van der Waals surface area (Å²) in [6.45, 7) is 3.82. The van der Waals surface area contributed by atoms with Crippen LogP contribution in [0.15, 0.2) is 47.6 Å². The largest absolute Gasteiger partial charge is 0.501 e. The van der Waals surface area contributed by atoms with E-state index in [4.69, 9.17) is 0 Å². The average molecular weight is 485 g/mol. The van der Waals surface area contributed by atoms with E-state index in [0.717, 1.165) is 40.3 Å². The van der Waals surface area contributed by atoms with E-state index in [9.17, 15) is 31.2 Å². The molecule has 1 aromatic carbocycles. The monoisotopic (exact) mass is 484 g/mol. The molecule has 178 valence electrons. The maximum atomic E-state index is 13.2. The smallest absolute Gasteiger partial charge is 0.305 e. The molecule has 12 heteroatoms. The van der Waals surface area contributed by atoms with Gasteiger partial charge in [-0.15, -0.1) is 0 Å². The van der Waals surface area contributed by atoms with E-state index in [1.54, 1.807) is 32.3 Å². The Kier molecular flexibility index (Phi) is 6.28. The number of carbonyl (C=O) groups is 2. The first-order chi connectivity index (χ1) is 15.2. The normalized spacial score (nSPS) is 16.7. The molecule has 0 saturated carbocycles. The van der Waals surface area contributed by atoms with Crippen LogP contribution in [0.4, 0.5) is 23.7 Å². The molecular formula is C21H23F3N4O4S. The molecule has 3 amide bonds. The summed E-state index contributed by atoms with van der Waals surface area (Å²) in [7, 11) is -1.77. The summed E-state index contributed by atoms with van der Waals surface area (Å²) in [6.07, 6.45) is 3.27. The SMILES string of the molecule is CN(C)Cc1cnccc1CN1C(=O)N(c2ccc(S(=O)(=O)C(F)(F)F)cc2)C(=O)C1(C)C. The van der Waals surface area contributed by atoms with Crippen LogP contribution >= 0.6 is 0 Å². The molecule has 1 aromatic heterocycles. The second kappa shape index (κ2) is 8.41. The van der Waals surface area contributed by atoms with Crippen LogP contribution < -0.4 is 4.90 Å². The number of urea groups is 1. The molecule has 1 fully saturated rings. The van der Waals surface area contributed by atoms with Gasteiger partial charge in [-0.05, 0) is 69.4 Å². The molecule has 0 radical (unpaired) electrons. The van der Waals surface area contributed by atoms with Crippen molar-refractivity contribution in [3.8, 4) is 0 Å². The highest BCUT2D eigenvalue weighted by Gasteiger charge is 2.52. The van der Waals surface area contributed by atoms with E-state index in [0.29, 0.717) is 6.54 Å². The highest BCUT2D eigenvalue weighted by Crippen LogP contribution is 2.35. The number of amides is 3. The second-order valence-corrected chi connectivity index (χ2v) is 10.3. The third-order valence-electron chi connectivity index (χ3n) is 5.35. The van der Waals surface area contributed by atoms with Crippen LogP contribution in [-0.2, 0) is 27.7 Å². The Labute approximate surface area is 189 Å². The Morgan fingerprint density at radius 1 is 1.03 bits per heavy atom. The number of halogens is 3. The minimum atomic E-state index is -5.54. The number of pyridine rings is 1. The molecule has 1 aliphatic heterocycles. The number of benzene rings is 1. The number of imide groups is 1. The number of nitrogens with zero attached hydrogens (tertiary/aromatic N) is 4. The molecule has 0 unspecified atom stereocenters. The van der Waals surface area contributed by atoms with Gasteiger partial charge in [-0.1, -0.05) is 0 Å². The van der Waals surface area contributed by atoms with Crippen LogP contribution in [0.2, 0.25) is 0 Å². The van der Waals surface area contributed by atoms with Gasteiger partial charge in [0.15, 0.2) is 0 Å². The van der Waals surface area contributed by atoms with Gasteiger partial charge >= 0.3 is 11.5 Å². The quantitative estimate of drug-likeness (QED) is 0.585. The fourth-order valence-electron chi connectivity index (χ4n) is 3.50. The summed E-state index contributed by atoms with van der Waals surface area (Å²) in [5.74, 6) is -0.581. The number of aromatic nitrogens is 1. The lowest BCUT2D eigenvalue weighted by Crippen LogP contribution is -2.43. The van der Waals surface area contributed by atoms with Crippen molar-refractivity contribution >= 4 is 27.5 Å². The number of sulfone groups is 1. The first-order valence-electron chi connectivity index (χ1n) is 9.82. The van der Waals surface area contributed by atoms with E-state index in [1.807, 2.05) is 19.0 Å². The Bertz CT molecular complexity index is 1180. The molecule has 2 heterocycles. The number of anilines is 1. The number of hydrogen-bond donors (Lipinski definition) is 0. The van der Waals surface area contributed by atoms with Crippen LogP contribution in [0.5, 0.6) is 0 Å². The van der Waals surface area contributed by atoms with Crippen LogP contribution in [-0.4, -0.2) is 60.3 Å². The summed E-state index contributed by atoms with van der Waals surface area (Å²) in [6, 6.07) is 4.57. The van der Waals surface area contributed by atoms with Gasteiger partial charge in [0.2, 0.25) is 0 Å². The molecule has 0 atom stereocenters. The van der Waals surface area contributed by atoms with Gasteiger partial charge in [-0.3, -0.25) is 9.78 Å². The Balaban J connectivity index is 1.93. The first-order valence-corrected chi connectivity index (χ1v) is 11.3. The highest BCUT2D eigenvalue weighted by atomic mass is 32.2.